The van der Waals surface area contributed by atoms with Gasteiger partial charge >= 0.3 is 0 Å². The SMILES string of the molecule is C1=Cc2c(c(-c3cc(-c4ccc(-c5ccc6cc(-c7ccc(-n8c9ccccc9c9ccccc98)cc7)ccc6c5)cc4)nc(-c4cccc5ccccc45)n3)cc3ccccc23)CC1. The van der Waals surface area contributed by atoms with Crippen LogP contribution < -0.4 is 0 Å². The molecule has 0 amide bonds. The van der Waals surface area contributed by atoms with Crippen molar-refractivity contribution in [3.63, 3.8) is 0 Å². The van der Waals surface area contributed by atoms with Crippen LogP contribution >= 0.6 is 0 Å². The molecule has 0 radical (unpaired) electrons. The second kappa shape index (κ2) is 15.1. The summed E-state index contributed by atoms with van der Waals surface area (Å²) in [6.07, 6.45) is 6.60. The largest absolute Gasteiger partial charge is 0.309 e. The molecular weight excluding hydrogens is 787 g/mol. The second-order valence-corrected chi connectivity index (χ2v) is 17.2. The van der Waals surface area contributed by atoms with Crippen molar-refractivity contribution in [3.05, 3.63) is 230 Å². The molecule has 0 unspecified atom stereocenters. The minimum atomic E-state index is 0.736. The van der Waals surface area contributed by atoms with Gasteiger partial charge in [-0.25, -0.2) is 9.97 Å². The molecule has 1 aliphatic carbocycles. The summed E-state index contributed by atoms with van der Waals surface area (Å²) in [6, 6.07) is 77.0. The molecule has 10 aromatic carbocycles. The molecule has 12 aromatic rings. The third kappa shape index (κ3) is 6.35. The molecule has 0 bridgehead atoms. The lowest BCUT2D eigenvalue weighted by Gasteiger charge is -2.19. The van der Waals surface area contributed by atoms with Crippen LogP contribution in [0.25, 0.3) is 122 Å². The lowest BCUT2D eigenvalue weighted by atomic mass is 9.86. The van der Waals surface area contributed by atoms with Crippen molar-refractivity contribution < 1.29 is 0 Å². The fourth-order valence-corrected chi connectivity index (χ4v) is 10.3. The van der Waals surface area contributed by atoms with Crippen LogP contribution in [-0.4, -0.2) is 14.5 Å². The first-order chi connectivity index (χ1) is 32.2. The van der Waals surface area contributed by atoms with Gasteiger partial charge in [0.05, 0.1) is 22.4 Å². The van der Waals surface area contributed by atoms with Gasteiger partial charge in [-0.1, -0.05) is 176 Å². The third-order valence-electron chi connectivity index (χ3n) is 13.5. The number of para-hydroxylation sites is 2. The summed E-state index contributed by atoms with van der Waals surface area (Å²) in [5, 5.41) is 9.82. The predicted octanol–water partition coefficient (Wildman–Crippen LogP) is 16.3. The molecule has 0 fully saturated rings. The third-order valence-corrected chi connectivity index (χ3v) is 13.5. The predicted molar refractivity (Wildman–Crippen MR) is 273 cm³/mol. The summed E-state index contributed by atoms with van der Waals surface area (Å²) in [5.41, 5.74) is 16.2. The summed E-state index contributed by atoms with van der Waals surface area (Å²) >= 11 is 0. The first-order valence-corrected chi connectivity index (χ1v) is 22.5. The number of aromatic nitrogens is 3. The van der Waals surface area contributed by atoms with E-state index in [2.05, 4.69) is 229 Å². The Hall–Kier alpha value is -8.40. The minimum Gasteiger partial charge on any atom is -0.309 e. The highest BCUT2D eigenvalue weighted by atomic mass is 15.0. The highest BCUT2D eigenvalue weighted by Crippen LogP contribution is 2.40. The molecule has 0 saturated heterocycles. The molecule has 0 atom stereocenters. The summed E-state index contributed by atoms with van der Waals surface area (Å²) in [6.45, 7) is 0. The molecule has 2 aromatic heterocycles. The van der Waals surface area contributed by atoms with E-state index in [0.717, 1.165) is 52.3 Å². The van der Waals surface area contributed by atoms with E-state index in [-0.39, 0.29) is 0 Å². The van der Waals surface area contributed by atoms with E-state index in [0.29, 0.717) is 0 Å². The minimum absolute atomic E-state index is 0.736. The molecule has 0 N–H and O–H groups in total. The Morgan fingerprint density at radius 2 is 0.923 bits per heavy atom. The molecule has 65 heavy (non-hydrogen) atoms. The van der Waals surface area contributed by atoms with E-state index in [1.165, 1.54) is 87.7 Å². The Morgan fingerprint density at radius 3 is 1.63 bits per heavy atom. The zero-order chi connectivity index (χ0) is 42.8. The molecule has 304 valence electrons. The van der Waals surface area contributed by atoms with E-state index >= 15 is 0 Å². The zero-order valence-electron chi connectivity index (χ0n) is 35.6. The highest BCUT2D eigenvalue weighted by Gasteiger charge is 2.20. The lowest BCUT2D eigenvalue weighted by Crippen LogP contribution is -2.02. The van der Waals surface area contributed by atoms with Crippen molar-refractivity contribution >= 4 is 60.2 Å². The molecule has 2 heterocycles. The number of allylic oxidation sites excluding steroid dienone is 1. The summed E-state index contributed by atoms with van der Waals surface area (Å²) in [7, 11) is 0. The van der Waals surface area contributed by atoms with Gasteiger partial charge in [-0.05, 0) is 127 Å². The average Bonchev–Trinajstić information content (AvgIpc) is 3.72. The van der Waals surface area contributed by atoms with Crippen molar-refractivity contribution in [2.24, 2.45) is 0 Å². The van der Waals surface area contributed by atoms with Gasteiger partial charge in [-0.3, -0.25) is 0 Å². The Morgan fingerprint density at radius 1 is 0.369 bits per heavy atom. The van der Waals surface area contributed by atoms with E-state index in [4.69, 9.17) is 9.97 Å². The quantitative estimate of drug-likeness (QED) is 0.167. The fourth-order valence-electron chi connectivity index (χ4n) is 10.3. The van der Waals surface area contributed by atoms with Crippen molar-refractivity contribution in [1.29, 1.82) is 0 Å². The van der Waals surface area contributed by atoms with E-state index in [1.807, 2.05) is 0 Å². The van der Waals surface area contributed by atoms with Gasteiger partial charge in [-0.15, -0.1) is 0 Å². The first kappa shape index (κ1) is 37.2. The maximum atomic E-state index is 5.38. The van der Waals surface area contributed by atoms with Crippen molar-refractivity contribution in [1.82, 2.24) is 14.5 Å². The second-order valence-electron chi connectivity index (χ2n) is 17.2. The maximum absolute atomic E-state index is 5.38. The Balaban J connectivity index is 0.840. The molecular formula is C62H41N3. The number of nitrogens with zero attached hydrogens (tertiary/aromatic N) is 3. The van der Waals surface area contributed by atoms with Gasteiger partial charge < -0.3 is 4.57 Å². The van der Waals surface area contributed by atoms with E-state index in [1.54, 1.807) is 0 Å². The summed E-state index contributed by atoms with van der Waals surface area (Å²) < 4.78 is 2.37. The van der Waals surface area contributed by atoms with Gasteiger partial charge in [0.2, 0.25) is 0 Å². The van der Waals surface area contributed by atoms with Crippen LogP contribution in [-0.2, 0) is 6.42 Å². The topological polar surface area (TPSA) is 30.7 Å². The van der Waals surface area contributed by atoms with Crippen molar-refractivity contribution in [2.75, 3.05) is 0 Å². The van der Waals surface area contributed by atoms with Crippen LogP contribution in [0, 0.1) is 0 Å². The number of hydrogen-bond acceptors (Lipinski definition) is 2. The number of fused-ring (bicyclic) bond motifs is 8. The highest BCUT2D eigenvalue weighted by molar-refractivity contribution is 6.09. The lowest BCUT2D eigenvalue weighted by molar-refractivity contribution is 0.989. The zero-order valence-corrected chi connectivity index (χ0v) is 35.6. The monoisotopic (exact) mass is 827 g/mol. The molecule has 1 aliphatic rings. The molecule has 0 spiro atoms. The molecule has 3 nitrogen and oxygen atoms in total. The standard InChI is InChI=1S/C62H41N3/c1-3-15-50-42(12-1)14-11-21-56(50)62-63-58(39-59(64-62)57-38-48-13-2-4-16-51(48)52-17-5-6-18-53(52)57)43-26-24-40(25-27-43)44-28-30-47-37-45(29-31-46(47)36-44)41-32-34-49(35-33-41)65-60-22-9-7-19-54(60)55-20-8-10-23-61(55)65/h1-5,7-17,19-39H,6,18H2. The molecule has 0 aliphatic heterocycles. The van der Waals surface area contributed by atoms with Crippen LogP contribution in [0.4, 0.5) is 0 Å². The summed E-state index contributed by atoms with van der Waals surface area (Å²) in [4.78, 5) is 10.7. The smallest absolute Gasteiger partial charge is 0.161 e. The fraction of sp³-hybridized carbons (Fsp3) is 0.0323. The van der Waals surface area contributed by atoms with Crippen LogP contribution in [0.1, 0.15) is 17.5 Å². The number of rotatable bonds is 6. The van der Waals surface area contributed by atoms with Gasteiger partial charge in [0, 0.05) is 33.2 Å². The van der Waals surface area contributed by atoms with Gasteiger partial charge in [-0.2, -0.15) is 0 Å². The Kier molecular flexibility index (Phi) is 8.67. The number of benzene rings is 10. The average molecular weight is 828 g/mol. The number of hydrogen-bond donors (Lipinski definition) is 0. The van der Waals surface area contributed by atoms with Crippen LogP contribution in [0.5, 0.6) is 0 Å². The van der Waals surface area contributed by atoms with E-state index < -0.39 is 0 Å². The van der Waals surface area contributed by atoms with Gasteiger partial charge in [0.1, 0.15) is 0 Å². The Labute approximate surface area is 377 Å². The van der Waals surface area contributed by atoms with Crippen molar-refractivity contribution in [2.45, 2.75) is 12.8 Å². The first-order valence-electron chi connectivity index (χ1n) is 22.5. The van der Waals surface area contributed by atoms with Crippen LogP contribution in [0.3, 0.4) is 0 Å². The normalized spacial score (nSPS) is 12.4. The summed E-state index contributed by atoms with van der Waals surface area (Å²) in [5.74, 6) is 0.736. The Bertz CT molecular complexity index is 3810. The van der Waals surface area contributed by atoms with Crippen LogP contribution in [0.15, 0.2) is 218 Å². The van der Waals surface area contributed by atoms with Crippen LogP contribution in [0.2, 0.25) is 0 Å². The molecule has 0 saturated carbocycles. The van der Waals surface area contributed by atoms with E-state index in [9.17, 15) is 0 Å². The molecule has 13 rings (SSSR count). The van der Waals surface area contributed by atoms with Gasteiger partial charge in [0.15, 0.2) is 5.82 Å². The molecule has 3 heteroatoms. The maximum Gasteiger partial charge on any atom is 0.161 e. The van der Waals surface area contributed by atoms with Gasteiger partial charge in [0.25, 0.3) is 0 Å². The van der Waals surface area contributed by atoms with Crippen molar-refractivity contribution in [3.8, 4) is 61.8 Å².